The topological polar surface area (TPSA) is 56.6 Å². The standard InChI is InChI=1S/C13H20N2O2/c1-9-8-15(6-4-12(9)17)13-7-11(10(2)16)3-5-14-13/h3,5,7,9-10,12,16-17H,4,6,8H2,1-2H3/t9?,10-,12?/m1/s1. The summed E-state index contributed by atoms with van der Waals surface area (Å²) >= 11 is 0. The fourth-order valence-electron chi connectivity index (χ4n) is 2.21. The van der Waals surface area contributed by atoms with Gasteiger partial charge in [-0.15, -0.1) is 0 Å². The van der Waals surface area contributed by atoms with E-state index in [1.54, 1.807) is 13.1 Å². The lowest BCUT2D eigenvalue weighted by Gasteiger charge is -2.35. The van der Waals surface area contributed by atoms with E-state index in [4.69, 9.17) is 0 Å². The second-order valence-corrected chi connectivity index (χ2v) is 4.90. The van der Waals surface area contributed by atoms with E-state index < -0.39 is 6.10 Å². The summed E-state index contributed by atoms with van der Waals surface area (Å²) in [5.41, 5.74) is 0.883. The van der Waals surface area contributed by atoms with Gasteiger partial charge in [-0.2, -0.15) is 0 Å². The van der Waals surface area contributed by atoms with Crippen molar-refractivity contribution >= 4 is 5.82 Å². The van der Waals surface area contributed by atoms with Gasteiger partial charge >= 0.3 is 0 Å². The summed E-state index contributed by atoms with van der Waals surface area (Å²) in [6, 6.07) is 3.76. The van der Waals surface area contributed by atoms with E-state index in [1.807, 2.05) is 12.1 Å². The molecular weight excluding hydrogens is 216 g/mol. The maximum Gasteiger partial charge on any atom is 0.128 e. The molecule has 2 N–H and O–H groups in total. The molecule has 2 rings (SSSR count). The Labute approximate surface area is 102 Å². The van der Waals surface area contributed by atoms with Crippen LogP contribution in [0.2, 0.25) is 0 Å². The summed E-state index contributed by atoms with van der Waals surface area (Å²) in [6.45, 7) is 5.44. The van der Waals surface area contributed by atoms with Crippen molar-refractivity contribution in [2.45, 2.75) is 32.5 Å². The zero-order valence-electron chi connectivity index (χ0n) is 10.4. The highest BCUT2D eigenvalue weighted by Crippen LogP contribution is 2.23. The highest BCUT2D eigenvalue weighted by atomic mass is 16.3. The zero-order valence-corrected chi connectivity index (χ0v) is 10.4. The normalized spacial score (nSPS) is 26.9. The molecule has 1 aromatic heterocycles. The van der Waals surface area contributed by atoms with Gasteiger partial charge in [0.25, 0.3) is 0 Å². The van der Waals surface area contributed by atoms with E-state index in [9.17, 15) is 10.2 Å². The molecule has 3 atom stereocenters. The number of piperidine rings is 1. The molecule has 1 saturated heterocycles. The highest BCUT2D eigenvalue weighted by molar-refractivity contribution is 5.42. The smallest absolute Gasteiger partial charge is 0.128 e. The van der Waals surface area contributed by atoms with Gasteiger partial charge in [-0.3, -0.25) is 0 Å². The molecule has 0 aromatic carbocycles. The first-order valence-corrected chi connectivity index (χ1v) is 6.15. The number of aromatic nitrogens is 1. The lowest BCUT2D eigenvalue weighted by Crippen LogP contribution is -2.42. The van der Waals surface area contributed by atoms with Crippen molar-refractivity contribution in [3.8, 4) is 0 Å². The van der Waals surface area contributed by atoms with Crippen molar-refractivity contribution in [1.29, 1.82) is 0 Å². The van der Waals surface area contributed by atoms with E-state index in [0.29, 0.717) is 0 Å². The lowest BCUT2D eigenvalue weighted by atomic mass is 9.96. The van der Waals surface area contributed by atoms with Crippen molar-refractivity contribution in [1.82, 2.24) is 4.98 Å². The maximum absolute atomic E-state index is 9.70. The lowest BCUT2D eigenvalue weighted by molar-refractivity contribution is 0.0968. The quantitative estimate of drug-likeness (QED) is 0.813. The average Bonchev–Trinajstić information content (AvgIpc) is 2.33. The molecule has 4 nitrogen and oxygen atoms in total. The zero-order chi connectivity index (χ0) is 12.4. The van der Waals surface area contributed by atoms with Crippen LogP contribution in [0.3, 0.4) is 0 Å². The first-order valence-electron chi connectivity index (χ1n) is 6.15. The van der Waals surface area contributed by atoms with E-state index in [2.05, 4.69) is 16.8 Å². The van der Waals surface area contributed by atoms with E-state index >= 15 is 0 Å². The molecule has 0 bridgehead atoms. The molecule has 0 aliphatic carbocycles. The van der Waals surface area contributed by atoms with Gasteiger partial charge in [0.1, 0.15) is 5.82 Å². The minimum atomic E-state index is -0.468. The van der Waals surface area contributed by atoms with Gasteiger partial charge in [0.05, 0.1) is 12.2 Å². The first-order chi connectivity index (χ1) is 8.08. The number of anilines is 1. The summed E-state index contributed by atoms with van der Waals surface area (Å²) < 4.78 is 0. The van der Waals surface area contributed by atoms with Crippen LogP contribution >= 0.6 is 0 Å². The summed E-state index contributed by atoms with van der Waals surface area (Å²) in [7, 11) is 0. The number of hydrogen-bond acceptors (Lipinski definition) is 4. The molecule has 2 heterocycles. The van der Waals surface area contributed by atoms with Crippen LogP contribution in [0.4, 0.5) is 5.82 Å². The van der Waals surface area contributed by atoms with Crippen LogP contribution in [0.5, 0.6) is 0 Å². The van der Waals surface area contributed by atoms with Crippen LogP contribution in [-0.2, 0) is 0 Å². The Bertz CT molecular complexity index is 381. The number of nitrogens with zero attached hydrogens (tertiary/aromatic N) is 2. The van der Waals surface area contributed by atoms with Gasteiger partial charge in [0.15, 0.2) is 0 Å². The predicted octanol–water partition coefficient (Wildman–Crippen LogP) is 1.34. The Balaban J connectivity index is 2.14. The molecule has 1 aliphatic heterocycles. The Morgan fingerprint density at radius 3 is 2.94 bits per heavy atom. The monoisotopic (exact) mass is 236 g/mol. The summed E-state index contributed by atoms with van der Waals surface area (Å²) in [6.07, 6.45) is 1.84. The van der Waals surface area contributed by atoms with Crippen LogP contribution in [0, 0.1) is 5.92 Å². The summed E-state index contributed by atoms with van der Waals surface area (Å²) in [5.74, 6) is 1.16. The van der Waals surface area contributed by atoms with Crippen molar-refractivity contribution in [3.05, 3.63) is 23.9 Å². The third-order valence-corrected chi connectivity index (χ3v) is 3.44. The van der Waals surface area contributed by atoms with Gasteiger partial charge in [0, 0.05) is 19.3 Å². The number of aliphatic hydroxyl groups is 2. The predicted molar refractivity (Wildman–Crippen MR) is 66.9 cm³/mol. The molecule has 0 spiro atoms. The Kier molecular flexibility index (Phi) is 3.64. The molecule has 1 aliphatic rings. The average molecular weight is 236 g/mol. The third-order valence-electron chi connectivity index (χ3n) is 3.44. The van der Waals surface area contributed by atoms with Crippen LogP contribution in [0.15, 0.2) is 18.3 Å². The third kappa shape index (κ3) is 2.76. The van der Waals surface area contributed by atoms with Crippen molar-refractivity contribution in [2.24, 2.45) is 5.92 Å². The summed E-state index contributed by atoms with van der Waals surface area (Å²) in [4.78, 5) is 6.51. The van der Waals surface area contributed by atoms with Crippen LogP contribution in [0.25, 0.3) is 0 Å². The summed E-state index contributed by atoms with van der Waals surface area (Å²) in [5, 5.41) is 19.3. The number of pyridine rings is 1. The fraction of sp³-hybridized carbons (Fsp3) is 0.615. The van der Waals surface area contributed by atoms with Crippen molar-refractivity contribution in [2.75, 3.05) is 18.0 Å². The molecule has 4 heteroatoms. The van der Waals surface area contributed by atoms with Gasteiger partial charge in [-0.05, 0) is 37.0 Å². The second-order valence-electron chi connectivity index (χ2n) is 4.90. The molecular formula is C13H20N2O2. The van der Waals surface area contributed by atoms with Crippen LogP contribution in [0.1, 0.15) is 31.9 Å². The molecule has 1 fully saturated rings. The molecule has 0 radical (unpaired) electrons. The first kappa shape index (κ1) is 12.3. The van der Waals surface area contributed by atoms with E-state index in [-0.39, 0.29) is 12.0 Å². The molecule has 0 amide bonds. The minimum Gasteiger partial charge on any atom is -0.393 e. The number of aliphatic hydroxyl groups excluding tert-OH is 2. The highest BCUT2D eigenvalue weighted by Gasteiger charge is 2.25. The number of hydrogen-bond donors (Lipinski definition) is 2. The van der Waals surface area contributed by atoms with Gasteiger partial charge in [-0.1, -0.05) is 6.92 Å². The van der Waals surface area contributed by atoms with Gasteiger partial charge in [0.2, 0.25) is 0 Å². The second kappa shape index (κ2) is 5.02. The molecule has 17 heavy (non-hydrogen) atoms. The van der Waals surface area contributed by atoms with Crippen molar-refractivity contribution < 1.29 is 10.2 Å². The van der Waals surface area contributed by atoms with Gasteiger partial charge in [-0.25, -0.2) is 4.98 Å². The maximum atomic E-state index is 9.70. The minimum absolute atomic E-state index is 0.203. The van der Waals surface area contributed by atoms with Crippen LogP contribution in [-0.4, -0.2) is 34.4 Å². The molecule has 0 saturated carbocycles. The molecule has 1 aromatic rings. The Hall–Kier alpha value is -1.13. The van der Waals surface area contributed by atoms with Gasteiger partial charge < -0.3 is 15.1 Å². The Morgan fingerprint density at radius 1 is 1.53 bits per heavy atom. The SMILES string of the molecule is CC1CN(c2cc([C@@H](C)O)ccn2)CCC1O. The van der Waals surface area contributed by atoms with Crippen LogP contribution < -0.4 is 4.90 Å². The van der Waals surface area contributed by atoms with E-state index in [1.165, 1.54) is 0 Å². The number of rotatable bonds is 2. The van der Waals surface area contributed by atoms with E-state index in [0.717, 1.165) is 30.9 Å². The fourth-order valence-corrected chi connectivity index (χ4v) is 2.21. The largest absolute Gasteiger partial charge is 0.393 e. The Morgan fingerprint density at radius 2 is 2.29 bits per heavy atom. The molecule has 2 unspecified atom stereocenters. The molecule has 94 valence electrons. The van der Waals surface area contributed by atoms with Crippen molar-refractivity contribution in [3.63, 3.8) is 0 Å².